The highest BCUT2D eigenvalue weighted by atomic mass is 35.5. The van der Waals surface area contributed by atoms with E-state index < -0.39 is 24.5 Å². The number of carbonyl (C=O) groups is 1. The van der Waals surface area contributed by atoms with Crippen LogP contribution in [0.25, 0.3) is 5.65 Å². The van der Waals surface area contributed by atoms with Crippen molar-refractivity contribution in [3.8, 4) is 0 Å². The zero-order valence-corrected chi connectivity index (χ0v) is 18.4. The molecule has 1 aliphatic heterocycles. The van der Waals surface area contributed by atoms with Crippen LogP contribution in [0.15, 0.2) is 18.3 Å². The highest BCUT2D eigenvalue weighted by Crippen LogP contribution is 2.33. The summed E-state index contributed by atoms with van der Waals surface area (Å²) in [5, 5.41) is 12.7. The average Bonchev–Trinajstić information content (AvgIpc) is 3.41. The molecule has 3 aromatic heterocycles. The average molecular weight is 468 g/mol. The number of rotatable bonds is 7. The summed E-state index contributed by atoms with van der Waals surface area (Å²) in [6, 6.07) is 3.10. The Balaban J connectivity index is 1.47. The van der Waals surface area contributed by atoms with E-state index >= 15 is 0 Å². The molecule has 1 amide bonds. The van der Waals surface area contributed by atoms with Crippen molar-refractivity contribution in [3.05, 3.63) is 34.9 Å². The predicted octanol–water partition coefficient (Wildman–Crippen LogP) is 2.91. The maximum absolute atomic E-state index is 14.9. The molecule has 0 spiro atoms. The molecule has 0 unspecified atom stereocenters. The normalized spacial score (nSPS) is 20.8. The van der Waals surface area contributed by atoms with Crippen LogP contribution in [-0.4, -0.2) is 62.7 Å². The third-order valence-electron chi connectivity index (χ3n) is 4.66. The second-order valence-electron chi connectivity index (χ2n) is 7.57. The minimum atomic E-state index is -1.55. The third-order valence-corrected chi connectivity index (χ3v) is 4.85. The number of imidazole rings is 1. The van der Waals surface area contributed by atoms with E-state index in [0.717, 1.165) is 0 Å². The zero-order chi connectivity index (χ0) is 22.8. The number of hydrogen-bond donors (Lipinski definition) is 3. The molecule has 1 saturated heterocycles. The fourth-order valence-electron chi connectivity index (χ4n) is 3.32. The Labute approximate surface area is 187 Å². The molecule has 0 aromatic carbocycles. The van der Waals surface area contributed by atoms with Gasteiger partial charge in [-0.3, -0.25) is 9.50 Å². The zero-order valence-electron chi connectivity index (χ0n) is 17.6. The second kappa shape index (κ2) is 9.27. The molecule has 0 saturated carbocycles. The highest BCUT2D eigenvalue weighted by Gasteiger charge is 2.42. The molecule has 1 fully saturated rings. The summed E-state index contributed by atoms with van der Waals surface area (Å²) >= 11 is 6.11. The first-order chi connectivity index (χ1) is 15.3. The number of aromatic amines is 1. The Bertz CT molecular complexity index is 1100. The SMILES string of the molecule is COCc1cn2c(Nc3cc([C@@H]4OC[C@H](OC(=O)NC(C)C)[C@@H]4F)[nH]n3)nc(Cl)cc2n1. The first kappa shape index (κ1) is 22.2. The highest BCUT2D eigenvalue weighted by molar-refractivity contribution is 6.29. The van der Waals surface area contributed by atoms with Gasteiger partial charge in [-0.1, -0.05) is 11.6 Å². The van der Waals surface area contributed by atoms with Gasteiger partial charge >= 0.3 is 6.09 Å². The van der Waals surface area contributed by atoms with Gasteiger partial charge in [0, 0.05) is 31.5 Å². The lowest BCUT2D eigenvalue weighted by molar-refractivity contribution is 0.0615. The van der Waals surface area contributed by atoms with Crippen LogP contribution in [0.5, 0.6) is 0 Å². The van der Waals surface area contributed by atoms with Gasteiger partial charge in [0.25, 0.3) is 0 Å². The largest absolute Gasteiger partial charge is 0.441 e. The summed E-state index contributed by atoms with van der Waals surface area (Å²) in [6.45, 7) is 3.84. The fourth-order valence-corrected chi connectivity index (χ4v) is 3.50. The second-order valence-corrected chi connectivity index (χ2v) is 7.96. The van der Waals surface area contributed by atoms with Gasteiger partial charge in [0.05, 0.1) is 24.6 Å². The van der Waals surface area contributed by atoms with Gasteiger partial charge in [-0.15, -0.1) is 0 Å². The smallest absolute Gasteiger partial charge is 0.407 e. The minimum absolute atomic E-state index is 0.0626. The number of carbonyl (C=O) groups excluding carboxylic acids is 1. The van der Waals surface area contributed by atoms with Crippen molar-refractivity contribution in [2.24, 2.45) is 0 Å². The monoisotopic (exact) mass is 467 g/mol. The van der Waals surface area contributed by atoms with Crippen LogP contribution in [0.2, 0.25) is 5.15 Å². The summed E-state index contributed by atoms with van der Waals surface area (Å²) in [6.07, 6.45) is -2.45. The Kier molecular flexibility index (Phi) is 6.44. The number of anilines is 2. The molecule has 3 aromatic rings. The van der Waals surface area contributed by atoms with Gasteiger partial charge in [-0.2, -0.15) is 5.10 Å². The number of alkyl carbamates (subject to hydrolysis) is 1. The molecule has 3 atom stereocenters. The van der Waals surface area contributed by atoms with Gasteiger partial charge in [0.15, 0.2) is 18.1 Å². The summed E-state index contributed by atoms with van der Waals surface area (Å²) in [5.41, 5.74) is 1.67. The molecule has 32 heavy (non-hydrogen) atoms. The fraction of sp³-hybridized carbons (Fsp3) is 0.474. The minimum Gasteiger partial charge on any atom is -0.441 e. The first-order valence-electron chi connectivity index (χ1n) is 9.92. The van der Waals surface area contributed by atoms with Crippen LogP contribution in [0, 0.1) is 0 Å². The molecular weight excluding hydrogens is 445 g/mol. The number of amides is 1. The van der Waals surface area contributed by atoms with Crippen LogP contribution in [0.4, 0.5) is 21.0 Å². The van der Waals surface area contributed by atoms with Crippen molar-refractivity contribution in [2.75, 3.05) is 19.0 Å². The van der Waals surface area contributed by atoms with Gasteiger partial charge in [0.1, 0.15) is 16.9 Å². The molecule has 172 valence electrons. The van der Waals surface area contributed by atoms with Crippen molar-refractivity contribution in [2.45, 2.75) is 44.9 Å². The molecule has 11 nitrogen and oxygen atoms in total. The Morgan fingerprint density at radius 2 is 2.25 bits per heavy atom. The number of nitrogens with one attached hydrogen (secondary N) is 3. The lowest BCUT2D eigenvalue weighted by Gasteiger charge is -2.16. The lowest BCUT2D eigenvalue weighted by atomic mass is 10.1. The van der Waals surface area contributed by atoms with E-state index in [9.17, 15) is 9.18 Å². The number of ether oxygens (including phenoxy) is 3. The Hall–Kier alpha value is -2.96. The topological polar surface area (TPSA) is 128 Å². The van der Waals surface area contributed by atoms with Crippen LogP contribution < -0.4 is 10.6 Å². The number of fused-ring (bicyclic) bond motifs is 1. The van der Waals surface area contributed by atoms with Gasteiger partial charge in [-0.05, 0) is 13.8 Å². The maximum Gasteiger partial charge on any atom is 0.407 e. The van der Waals surface area contributed by atoms with Crippen molar-refractivity contribution < 1.29 is 23.4 Å². The summed E-state index contributed by atoms with van der Waals surface area (Å²) in [5.74, 6) is 0.742. The number of aromatic nitrogens is 5. The van der Waals surface area contributed by atoms with Crippen molar-refractivity contribution in [1.29, 1.82) is 0 Å². The number of nitrogens with zero attached hydrogens (tertiary/aromatic N) is 4. The molecule has 3 N–H and O–H groups in total. The molecular formula is C19H23ClFN7O4. The lowest BCUT2D eigenvalue weighted by Crippen LogP contribution is -2.36. The number of hydrogen-bond acceptors (Lipinski definition) is 8. The van der Waals surface area contributed by atoms with Crippen LogP contribution in [0.3, 0.4) is 0 Å². The molecule has 0 aliphatic carbocycles. The molecule has 4 heterocycles. The predicted molar refractivity (Wildman–Crippen MR) is 113 cm³/mol. The maximum atomic E-state index is 14.9. The van der Waals surface area contributed by atoms with E-state index in [1.807, 2.05) is 0 Å². The van der Waals surface area contributed by atoms with Crippen LogP contribution in [-0.2, 0) is 20.8 Å². The number of methoxy groups -OCH3 is 1. The molecule has 1 aliphatic rings. The first-order valence-corrected chi connectivity index (χ1v) is 10.3. The van der Waals surface area contributed by atoms with E-state index in [0.29, 0.717) is 35.4 Å². The van der Waals surface area contributed by atoms with Gasteiger partial charge in [0.2, 0.25) is 5.95 Å². The van der Waals surface area contributed by atoms with Gasteiger partial charge < -0.3 is 24.8 Å². The van der Waals surface area contributed by atoms with E-state index in [-0.39, 0.29) is 17.8 Å². The summed E-state index contributed by atoms with van der Waals surface area (Å²) in [7, 11) is 1.58. The summed E-state index contributed by atoms with van der Waals surface area (Å²) < 4.78 is 32.3. The number of alkyl halides is 1. The van der Waals surface area contributed by atoms with E-state index in [1.165, 1.54) is 0 Å². The Morgan fingerprint density at radius 1 is 1.44 bits per heavy atom. The van der Waals surface area contributed by atoms with Crippen molar-refractivity contribution in [3.63, 3.8) is 0 Å². The van der Waals surface area contributed by atoms with Crippen molar-refractivity contribution >= 4 is 35.1 Å². The van der Waals surface area contributed by atoms with Crippen molar-refractivity contribution in [1.82, 2.24) is 29.9 Å². The number of H-pyrrole nitrogens is 1. The van der Waals surface area contributed by atoms with Crippen LogP contribution >= 0.6 is 11.6 Å². The van der Waals surface area contributed by atoms with Gasteiger partial charge in [-0.25, -0.2) is 19.2 Å². The standard InChI is InChI=1S/C19H23ClFN7O4/c1-9(2)22-19(29)32-12-8-31-17(16(12)21)11-4-14(27-26-11)25-18-24-13(20)5-15-23-10(7-30-3)6-28(15)18/h4-6,9,12,16-17H,7-8H2,1-3H3,(H,22,29)(H2,24,25,26,27)/t12-,16-,17-/m0/s1. The quantitative estimate of drug-likeness (QED) is 0.452. The van der Waals surface area contributed by atoms with E-state index in [1.54, 1.807) is 43.7 Å². The molecule has 4 rings (SSSR count). The van der Waals surface area contributed by atoms with Crippen LogP contribution in [0.1, 0.15) is 31.3 Å². The number of halogens is 2. The van der Waals surface area contributed by atoms with E-state index in [4.69, 9.17) is 25.8 Å². The molecule has 0 radical (unpaired) electrons. The molecule has 0 bridgehead atoms. The molecule has 13 heteroatoms. The summed E-state index contributed by atoms with van der Waals surface area (Å²) in [4.78, 5) is 20.5. The van der Waals surface area contributed by atoms with E-state index in [2.05, 4.69) is 30.8 Å². The Morgan fingerprint density at radius 3 is 3.00 bits per heavy atom. The third kappa shape index (κ3) is 4.76.